The number of thioether (sulfide) groups is 1. The summed E-state index contributed by atoms with van der Waals surface area (Å²) in [6.45, 7) is 0.176. The normalized spacial score (nSPS) is 12.9. The number of carbonyl (C=O) groups is 2. The van der Waals surface area contributed by atoms with Crippen LogP contribution in [0.25, 0.3) is 11.1 Å². The number of hydrogen-bond donors (Lipinski definition) is 2. The summed E-state index contributed by atoms with van der Waals surface area (Å²) in [5.41, 5.74) is 7.85. The standard InChI is InChI=1S/C38H34N2O3S/c1-39-36(41)35(40-37(42)43-25-34-32-23-13-11-21-30(32)31-22-12-14-24-33(31)34)26-44-38(27-15-5-2-6-16-27,28-17-7-3-8-18-28)29-19-9-4-10-20-29/h2-24,34-35H,25-26H2,1H3,(H,39,41)(H,40,42). The van der Waals surface area contributed by atoms with Gasteiger partial charge in [0, 0.05) is 18.7 Å². The molecule has 5 aromatic rings. The van der Waals surface area contributed by atoms with Gasteiger partial charge in [-0.25, -0.2) is 4.79 Å². The number of benzene rings is 5. The van der Waals surface area contributed by atoms with Crippen LogP contribution in [0, 0.1) is 0 Å². The van der Waals surface area contributed by atoms with E-state index in [0.717, 1.165) is 38.9 Å². The van der Waals surface area contributed by atoms with E-state index in [1.165, 1.54) is 0 Å². The smallest absolute Gasteiger partial charge is 0.407 e. The first-order valence-electron chi connectivity index (χ1n) is 14.8. The molecule has 5 nitrogen and oxygen atoms in total. The van der Waals surface area contributed by atoms with Gasteiger partial charge in [-0.15, -0.1) is 11.8 Å². The maximum atomic E-state index is 13.3. The Hall–Kier alpha value is -4.81. The highest BCUT2D eigenvalue weighted by Crippen LogP contribution is 2.49. The number of rotatable bonds is 10. The van der Waals surface area contributed by atoms with Crippen molar-refractivity contribution >= 4 is 23.8 Å². The van der Waals surface area contributed by atoms with Crippen LogP contribution < -0.4 is 10.6 Å². The molecular formula is C38H34N2O3S. The Morgan fingerprint density at radius 1 is 0.682 bits per heavy atom. The maximum absolute atomic E-state index is 13.3. The van der Waals surface area contributed by atoms with Crippen LogP contribution >= 0.6 is 11.8 Å². The van der Waals surface area contributed by atoms with Gasteiger partial charge in [0.1, 0.15) is 12.6 Å². The second kappa shape index (κ2) is 13.2. The highest BCUT2D eigenvalue weighted by Gasteiger charge is 2.38. The number of amides is 2. The molecule has 44 heavy (non-hydrogen) atoms. The zero-order valence-electron chi connectivity index (χ0n) is 24.5. The van der Waals surface area contributed by atoms with E-state index in [9.17, 15) is 9.59 Å². The van der Waals surface area contributed by atoms with Gasteiger partial charge in [0.05, 0.1) is 4.75 Å². The van der Waals surface area contributed by atoms with E-state index in [2.05, 4.69) is 71.3 Å². The summed E-state index contributed by atoms with van der Waals surface area (Å²) in [5, 5.41) is 5.60. The number of alkyl carbamates (subject to hydrolysis) is 1. The quantitative estimate of drug-likeness (QED) is 0.165. The van der Waals surface area contributed by atoms with Crippen LogP contribution in [-0.2, 0) is 14.3 Å². The minimum Gasteiger partial charge on any atom is -0.449 e. The summed E-state index contributed by atoms with van der Waals surface area (Å²) in [6, 6.07) is 46.5. The highest BCUT2D eigenvalue weighted by molar-refractivity contribution is 8.00. The molecule has 0 aliphatic heterocycles. The maximum Gasteiger partial charge on any atom is 0.407 e. The van der Waals surface area contributed by atoms with Crippen LogP contribution in [0.3, 0.4) is 0 Å². The third kappa shape index (κ3) is 5.73. The van der Waals surface area contributed by atoms with E-state index < -0.39 is 16.9 Å². The average Bonchev–Trinajstić information content (AvgIpc) is 3.41. The van der Waals surface area contributed by atoms with Crippen LogP contribution in [0.1, 0.15) is 33.7 Å². The lowest BCUT2D eigenvalue weighted by atomic mass is 9.84. The average molecular weight is 599 g/mol. The van der Waals surface area contributed by atoms with Crippen LogP contribution in [0.2, 0.25) is 0 Å². The molecule has 5 aromatic carbocycles. The summed E-state index contributed by atoms with van der Waals surface area (Å²) in [7, 11) is 1.58. The second-order valence-electron chi connectivity index (χ2n) is 10.7. The fourth-order valence-electron chi connectivity index (χ4n) is 6.12. The molecule has 0 saturated heterocycles. The SMILES string of the molecule is CNC(=O)C(CSC(c1ccccc1)(c1ccccc1)c1ccccc1)NC(=O)OCC1c2ccccc2-c2ccccc21. The van der Waals surface area contributed by atoms with Crippen LogP contribution in [0.4, 0.5) is 4.79 Å². The molecule has 0 spiro atoms. The van der Waals surface area contributed by atoms with Crippen molar-refractivity contribution in [1.29, 1.82) is 0 Å². The molecule has 2 N–H and O–H groups in total. The van der Waals surface area contributed by atoms with E-state index in [-0.39, 0.29) is 18.4 Å². The first-order valence-corrected chi connectivity index (χ1v) is 15.7. The van der Waals surface area contributed by atoms with Crippen molar-refractivity contribution in [3.8, 4) is 11.1 Å². The van der Waals surface area contributed by atoms with Gasteiger partial charge in [0.25, 0.3) is 0 Å². The van der Waals surface area contributed by atoms with Gasteiger partial charge in [-0.1, -0.05) is 140 Å². The molecule has 220 valence electrons. The lowest BCUT2D eigenvalue weighted by Crippen LogP contribution is -2.48. The van der Waals surface area contributed by atoms with Crippen molar-refractivity contribution in [2.24, 2.45) is 0 Å². The van der Waals surface area contributed by atoms with Crippen molar-refractivity contribution in [3.05, 3.63) is 167 Å². The molecule has 0 heterocycles. The predicted octanol–water partition coefficient (Wildman–Crippen LogP) is 7.37. The molecule has 6 rings (SSSR count). The van der Waals surface area contributed by atoms with Crippen LogP contribution in [-0.4, -0.2) is 37.4 Å². The zero-order valence-corrected chi connectivity index (χ0v) is 25.3. The molecule has 6 heteroatoms. The number of likely N-dealkylation sites (N-methyl/N-ethyl adjacent to an activating group) is 1. The van der Waals surface area contributed by atoms with Gasteiger partial charge in [-0.2, -0.15) is 0 Å². The molecule has 2 amide bonds. The molecule has 0 aromatic heterocycles. The van der Waals surface area contributed by atoms with Crippen molar-refractivity contribution in [1.82, 2.24) is 10.6 Å². The number of ether oxygens (including phenoxy) is 1. The third-order valence-electron chi connectivity index (χ3n) is 8.21. The fourth-order valence-corrected chi connectivity index (χ4v) is 7.68. The number of hydrogen-bond acceptors (Lipinski definition) is 4. The first kappa shape index (κ1) is 29.3. The summed E-state index contributed by atoms with van der Waals surface area (Å²) in [5.74, 6) is -0.0419. The van der Waals surface area contributed by atoms with Crippen molar-refractivity contribution < 1.29 is 14.3 Å². The third-order valence-corrected chi connectivity index (χ3v) is 9.85. The van der Waals surface area contributed by atoms with Crippen molar-refractivity contribution in [3.63, 3.8) is 0 Å². The molecule has 0 bridgehead atoms. The minimum absolute atomic E-state index is 0.0668. The van der Waals surface area contributed by atoms with Gasteiger partial charge in [0.15, 0.2) is 0 Å². The number of nitrogens with one attached hydrogen (secondary N) is 2. The molecule has 1 unspecified atom stereocenters. The Bertz CT molecular complexity index is 1590. The molecule has 1 aliphatic carbocycles. The summed E-state index contributed by atoms with van der Waals surface area (Å²) >= 11 is 1.62. The van der Waals surface area contributed by atoms with E-state index in [0.29, 0.717) is 5.75 Å². The number of carbonyl (C=O) groups excluding carboxylic acids is 2. The molecule has 0 radical (unpaired) electrons. The van der Waals surface area contributed by atoms with Gasteiger partial charge >= 0.3 is 6.09 Å². The Morgan fingerprint density at radius 3 is 1.57 bits per heavy atom. The minimum atomic E-state index is -0.823. The Balaban J connectivity index is 1.25. The Labute approximate surface area is 262 Å². The lowest BCUT2D eigenvalue weighted by molar-refractivity contribution is -0.122. The van der Waals surface area contributed by atoms with Gasteiger partial charge in [-0.05, 0) is 38.9 Å². The summed E-state index contributed by atoms with van der Waals surface area (Å²) < 4.78 is 5.19. The number of fused-ring (bicyclic) bond motifs is 3. The van der Waals surface area contributed by atoms with Gasteiger partial charge in [0.2, 0.25) is 5.91 Å². The largest absolute Gasteiger partial charge is 0.449 e. The summed E-state index contributed by atoms with van der Waals surface area (Å²) in [6.07, 6.45) is -0.620. The molecule has 1 atom stereocenters. The highest BCUT2D eigenvalue weighted by atomic mass is 32.2. The first-order chi connectivity index (χ1) is 21.6. The molecule has 0 fully saturated rings. The van der Waals surface area contributed by atoms with Gasteiger partial charge in [-0.3, -0.25) is 4.79 Å². The monoisotopic (exact) mass is 598 g/mol. The lowest BCUT2D eigenvalue weighted by Gasteiger charge is -2.36. The van der Waals surface area contributed by atoms with E-state index in [4.69, 9.17) is 4.74 Å². The Morgan fingerprint density at radius 2 is 1.11 bits per heavy atom. The van der Waals surface area contributed by atoms with Crippen molar-refractivity contribution in [2.45, 2.75) is 16.7 Å². The zero-order chi connectivity index (χ0) is 30.4. The van der Waals surface area contributed by atoms with E-state index >= 15 is 0 Å². The molecular weight excluding hydrogens is 564 g/mol. The van der Waals surface area contributed by atoms with Crippen LogP contribution in [0.15, 0.2) is 140 Å². The fraction of sp³-hybridized carbons (Fsp3) is 0.158. The summed E-state index contributed by atoms with van der Waals surface area (Å²) in [4.78, 5) is 26.4. The van der Waals surface area contributed by atoms with Gasteiger partial charge < -0.3 is 15.4 Å². The van der Waals surface area contributed by atoms with E-state index in [1.807, 2.05) is 78.9 Å². The topological polar surface area (TPSA) is 67.4 Å². The molecule has 1 aliphatic rings. The Kier molecular flexibility index (Phi) is 8.80. The second-order valence-corrected chi connectivity index (χ2v) is 12.0. The predicted molar refractivity (Wildman–Crippen MR) is 178 cm³/mol. The van der Waals surface area contributed by atoms with Crippen LogP contribution in [0.5, 0.6) is 0 Å². The van der Waals surface area contributed by atoms with Crippen molar-refractivity contribution in [2.75, 3.05) is 19.4 Å². The van der Waals surface area contributed by atoms with E-state index in [1.54, 1.807) is 18.8 Å². The molecule has 0 saturated carbocycles.